The third-order valence-corrected chi connectivity index (χ3v) is 5.33. The Balaban J connectivity index is 1.53. The van der Waals surface area contributed by atoms with Crippen LogP contribution < -0.4 is 5.73 Å². The maximum Gasteiger partial charge on any atom is 0.247 e. The topological polar surface area (TPSA) is 58.8 Å². The fourth-order valence-electron chi connectivity index (χ4n) is 3.66. The summed E-state index contributed by atoms with van der Waals surface area (Å²) in [5.41, 5.74) is 6.30. The molecule has 2 aliphatic heterocycles. The van der Waals surface area contributed by atoms with Crippen molar-refractivity contribution in [1.82, 2.24) is 9.80 Å². The molecule has 3 rings (SSSR count). The molecule has 1 atom stereocenters. The van der Waals surface area contributed by atoms with Crippen LogP contribution in [0.3, 0.4) is 0 Å². The van der Waals surface area contributed by atoms with Gasteiger partial charge in [-0.15, -0.1) is 0 Å². The molecule has 2 N–H and O–H groups in total. The summed E-state index contributed by atoms with van der Waals surface area (Å²) >= 11 is 0. The summed E-state index contributed by atoms with van der Waals surface area (Å²) in [6, 6.07) is 9.66. The van der Waals surface area contributed by atoms with Crippen molar-refractivity contribution in [3.05, 3.63) is 35.9 Å². The van der Waals surface area contributed by atoms with Crippen molar-refractivity contribution >= 4 is 5.91 Å². The van der Waals surface area contributed by atoms with Crippen molar-refractivity contribution in [2.24, 2.45) is 11.7 Å². The molecule has 1 aromatic rings. The molecule has 2 heterocycles. The van der Waals surface area contributed by atoms with Gasteiger partial charge in [-0.1, -0.05) is 30.3 Å². The Kier molecular flexibility index (Phi) is 5.54. The van der Waals surface area contributed by atoms with E-state index in [4.69, 9.17) is 10.5 Å². The van der Waals surface area contributed by atoms with E-state index in [-0.39, 0.29) is 5.91 Å². The van der Waals surface area contributed by atoms with E-state index >= 15 is 0 Å². The molecule has 0 radical (unpaired) electrons. The molecule has 132 valence electrons. The van der Waals surface area contributed by atoms with Gasteiger partial charge in [-0.25, -0.2) is 0 Å². The Hall–Kier alpha value is -1.43. The summed E-state index contributed by atoms with van der Waals surface area (Å²) in [6.45, 7) is 8.14. The molecule has 5 nitrogen and oxygen atoms in total. The third kappa shape index (κ3) is 3.97. The van der Waals surface area contributed by atoms with Crippen molar-refractivity contribution in [1.29, 1.82) is 0 Å². The SMILES string of the molecule is CC(N)(C(=O)N1CCN(CC2CCOCC2)CC1)c1ccccc1. The molecule has 2 aliphatic rings. The molecule has 0 spiro atoms. The number of hydrogen-bond donors (Lipinski definition) is 1. The Morgan fingerprint density at radius 3 is 2.42 bits per heavy atom. The van der Waals surface area contributed by atoms with E-state index in [0.29, 0.717) is 0 Å². The smallest absolute Gasteiger partial charge is 0.247 e. The highest BCUT2D eigenvalue weighted by molar-refractivity contribution is 5.87. The number of carbonyl (C=O) groups excluding carboxylic acids is 1. The average Bonchev–Trinajstić information content (AvgIpc) is 2.63. The maximum absolute atomic E-state index is 12.9. The molecule has 2 saturated heterocycles. The number of amides is 1. The first-order valence-corrected chi connectivity index (χ1v) is 9.01. The quantitative estimate of drug-likeness (QED) is 0.907. The van der Waals surface area contributed by atoms with Gasteiger partial charge >= 0.3 is 0 Å². The second kappa shape index (κ2) is 7.64. The fourth-order valence-corrected chi connectivity index (χ4v) is 3.66. The molecule has 5 heteroatoms. The molecule has 24 heavy (non-hydrogen) atoms. The van der Waals surface area contributed by atoms with E-state index in [0.717, 1.165) is 70.3 Å². The number of nitrogens with zero attached hydrogens (tertiary/aromatic N) is 2. The van der Waals surface area contributed by atoms with Crippen LogP contribution in [0.1, 0.15) is 25.3 Å². The zero-order valence-corrected chi connectivity index (χ0v) is 14.6. The van der Waals surface area contributed by atoms with Crippen LogP contribution in [0, 0.1) is 5.92 Å². The van der Waals surface area contributed by atoms with Crippen LogP contribution >= 0.6 is 0 Å². The number of carbonyl (C=O) groups is 1. The van der Waals surface area contributed by atoms with Gasteiger partial charge in [0.15, 0.2) is 0 Å². The number of rotatable bonds is 4. The largest absolute Gasteiger partial charge is 0.381 e. The highest BCUT2D eigenvalue weighted by atomic mass is 16.5. The average molecular weight is 331 g/mol. The number of benzene rings is 1. The first-order chi connectivity index (χ1) is 11.6. The van der Waals surface area contributed by atoms with Crippen LogP contribution in [0.5, 0.6) is 0 Å². The lowest BCUT2D eigenvalue weighted by atomic mass is 9.91. The highest BCUT2D eigenvalue weighted by Crippen LogP contribution is 2.22. The van der Waals surface area contributed by atoms with E-state index in [1.54, 1.807) is 0 Å². The molecule has 1 amide bonds. The van der Waals surface area contributed by atoms with E-state index in [1.165, 1.54) is 0 Å². The normalized spacial score (nSPS) is 23.0. The summed E-state index contributed by atoms with van der Waals surface area (Å²) < 4.78 is 5.43. The zero-order chi connectivity index (χ0) is 17.0. The Bertz CT molecular complexity index is 533. The lowest BCUT2D eigenvalue weighted by Crippen LogP contribution is -2.57. The summed E-state index contributed by atoms with van der Waals surface area (Å²) in [5.74, 6) is 0.768. The lowest BCUT2D eigenvalue weighted by molar-refractivity contribution is -0.138. The molecule has 1 unspecified atom stereocenters. The minimum absolute atomic E-state index is 0.0272. The van der Waals surface area contributed by atoms with Crippen LogP contribution in [-0.4, -0.2) is 61.6 Å². The van der Waals surface area contributed by atoms with Gasteiger partial charge in [0.05, 0.1) is 0 Å². The number of ether oxygens (including phenoxy) is 1. The zero-order valence-electron chi connectivity index (χ0n) is 14.6. The summed E-state index contributed by atoms with van der Waals surface area (Å²) in [7, 11) is 0. The minimum atomic E-state index is -0.954. The predicted octanol–water partition coefficient (Wildman–Crippen LogP) is 1.43. The first kappa shape index (κ1) is 17.4. The van der Waals surface area contributed by atoms with E-state index in [1.807, 2.05) is 42.2 Å². The van der Waals surface area contributed by atoms with Crippen LogP contribution in [0.25, 0.3) is 0 Å². The van der Waals surface area contributed by atoms with Crippen LogP contribution in [0.15, 0.2) is 30.3 Å². The molecular formula is C19H29N3O2. The summed E-state index contributed by atoms with van der Waals surface area (Å²) in [6.07, 6.45) is 2.32. The summed E-state index contributed by atoms with van der Waals surface area (Å²) in [5, 5.41) is 0. The minimum Gasteiger partial charge on any atom is -0.381 e. The summed E-state index contributed by atoms with van der Waals surface area (Å²) in [4.78, 5) is 17.3. The lowest BCUT2D eigenvalue weighted by Gasteiger charge is -2.40. The van der Waals surface area contributed by atoms with Crippen LogP contribution in [0.2, 0.25) is 0 Å². The van der Waals surface area contributed by atoms with Gasteiger partial charge in [0.1, 0.15) is 5.54 Å². The fraction of sp³-hybridized carbons (Fsp3) is 0.632. The molecular weight excluding hydrogens is 302 g/mol. The van der Waals surface area contributed by atoms with Crippen molar-refractivity contribution in [3.8, 4) is 0 Å². The van der Waals surface area contributed by atoms with Gasteiger partial charge < -0.3 is 15.4 Å². The van der Waals surface area contributed by atoms with Gasteiger partial charge in [0, 0.05) is 45.9 Å². The van der Waals surface area contributed by atoms with Gasteiger partial charge in [-0.2, -0.15) is 0 Å². The van der Waals surface area contributed by atoms with Crippen molar-refractivity contribution in [3.63, 3.8) is 0 Å². The Labute approximate surface area is 144 Å². The molecule has 2 fully saturated rings. The van der Waals surface area contributed by atoms with Gasteiger partial charge in [0.2, 0.25) is 5.91 Å². The number of piperazine rings is 1. The standard InChI is InChI=1S/C19H29N3O2/c1-19(20,17-5-3-2-4-6-17)18(23)22-11-9-21(10-12-22)15-16-7-13-24-14-8-16/h2-6,16H,7-15,20H2,1H3. The first-order valence-electron chi connectivity index (χ1n) is 9.01. The predicted molar refractivity (Wildman–Crippen MR) is 94.5 cm³/mol. The van der Waals surface area contributed by atoms with Gasteiger partial charge in [0.25, 0.3) is 0 Å². The van der Waals surface area contributed by atoms with Crippen molar-refractivity contribution in [2.45, 2.75) is 25.3 Å². The van der Waals surface area contributed by atoms with Gasteiger partial charge in [-0.05, 0) is 31.2 Å². The van der Waals surface area contributed by atoms with Crippen LogP contribution in [0.4, 0.5) is 0 Å². The number of nitrogens with two attached hydrogens (primary N) is 1. The van der Waals surface area contributed by atoms with E-state index in [9.17, 15) is 4.79 Å². The molecule has 0 aliphatic carbocycles. The monoisotopic (exact) mass is 331 g/mol. The Morgan fingerprint density at radius 1 is 1.17 bits per heavy atom. The molecule has 1 aromatic carbocycles. The second-order valence-electron chi connectivity index (χ2n) is 7.22. The second-order valence-corrected chi connectivity index (χ2v) is 7.22. The van der Waals surface area contributed by atoms with E-state index < -0.39 is 5.54 Å². The van der Waals surface area contributed by atoms with Gasteiger partial charge in [-0.3, -0.25) is 9.69 Å². The highest BCUT2D eigenvalue weighted by Gasteiger charge is 2.35. The third-order valence-electron chi connectivity index (χ3n) is 5.33. The molecule has 0 aromatic heterocycles. The molecule has 0 saturated carbocycles. The Morgan fingerprint density at radius 2 is 1.79 bits per heavy atom. The number of hydrogen-bond acceptors (Lipinski definition) is 4. The van der Waals surface area contributed by atoms with Crippen molar-refractivity contribution < 1.29 is 9.53 Å². The molecule has 0 bridgehead atoms. The van der Waals surface area contributed by atoms with Crippen molar-refractivity contribution in [2.75, 3.05) is 45.9 Å². The van der Waals surface area contributed by atoms with Crippen LogP contribution in [-0.2, 0) is 15.1 Å². The maximum atomic E-state index is 12.9. The van der Waals surface area contributed by atoms with E-state index in [2.05, 4.69) is 4.90 Å².